The molecule has 0 aromatic heterocycles. The molecule has 1 aliphatic carbocycles. The molecule has 6 heteroatoms. The van der Waals surface area contributed by atoms with Crippen LogP contribution < -0.4 is 15.5 Å². The lowest BCUT2D eigenvalue weighted by Gasteiger charge is -2.20. The Bertz CT molecular complexity index is 561. The number of aliphatic imine (C=N–C) groups is 1. The van der Waals surface area contributed by atoms with Crippen LogP contribution in [0.2, 0.25) is 0 Å². The highest BCUT2D eigenvalue weighted by Gasteiger charge is 2.22. The minimum atomic E-state index is 0. The van der Waals surface area contributed by atoms with E-state index < -0.39 is 0 Å². The molecular weight excluding hydrogens is 463 g/mol. The fourth-order valence-corrected chi connectivity index (χ4v) is 4.14. The lowest BCUT2D eigenvalue weighted by Crippen LogP contribution is -2.41. The van der Waals surface area contributed by atoms with Crippen LogP contribution in [0.1, 0.15) is 44.9 Å². The number of ether oxygens (including phenoxy) is 1. The number of nitrogens with zero attached hydrogens (tertiary/aromatic N) is 2. The normalized spacial score (nSPS) is 21.1. The molecule has 1 unspecified atom stereocenters. The first-order chi connectivity index (χ1) is 13.3. The SMILES string of the molecule is CN=C(NCCOC1CCCCCC1)NCC1CCN(c2ccccc2)C1.I. The molecule has 1 saturated heterocycles. The standard InChI is InChI=1S/C22H36N4O.HI/c1-23-22(24-14-16-27-21-11-7-2-3-8-12-21)25-17-19-13-15-26(18-19)20-9-5-4-6-10-20;/h4-6,9-10,19,21H,2-3,7-8,11-18H2,1H3,(H2,23,24,25);1H. The van der Waals surface area contributed by atoms with Crippen molar-refractivity contribution in [3.05, 3.63) is 30.3 Å². The van der Waals surface area contributed by atoms with Crippen LogP contribution in [0, 0.1) is 5.92 Å². The zero-order valence-corrected chi connectivity index (χ0v) is 19.6. The lowest BCUT2D eigenvalue weighted by atomic mass is 10.1. The molecule has 1 atom stereocenters. The molecule has 0 bridgehead atoms. The smallest absolute Gasteiger partial charge is 0.191 e. The fraction of sp³-hybridized carbons (Fsp3) is 0.682. The van der Waals surface area contributed by atoms with Crippen LogP contribution in [0.25, 0.3) is 0 Å². The van der Waals surface area contributed by atoms with Gasteiger partial charge < -0.3 is 20.3 Å². The molecule has 1 aliphatic heterocycles. The third-order valence-electron chi connectivity index (χ3n) is 5.74. The largest absolute Gasteiger partial charge is 0.376 e. The van der Waals surface area contributed by atoms with Crippen LogP contribution in [0.4, 0.5) is 5.69 Å². The summed E-state index contributed by atoms with van der Waals surface area (Å²) in [5, 5.41) is 6.88. The molecule has 1 aromatic rings. The first kappa shape index (κ1) is 23.3. The highest BCUT2D eigenvalue weighted by Crippen LogP contribution is 2.23. The maximum atomic E-state index is 6.05. The molecule has 3 rings (SSSR count). The van der Waals surface area contributed by atoms with Gasteiger partial charge in [0.05, 0.1) is 12.7 Å². The lowest BCUT2D eigenvalue weighted by molar-refractivity contribution is 0.0468. The zero-order chi connectivity index (χ0) is 18.7. The molecule has 2 N–H and O–H groups in total. The van der Waals surface area contributed by atoms with Gasteiger partial charge in [0.25, 0.3) is 0 Å². The molecule has 5 nitrogen and oxygen atoms in total. The van der Waals surface area contributed by atoms with Crippen LogP contribution in [-0.4, -0.2) is 51.9 Å². The molecule has 0 amide bonds. The van der Waals surface area contributed by atoms with E-state index in [0.29, 0.717) is 12.0 Å². The summed E-state index contributed by atoms with van der Waals surface area (Å²) >= 11 is 0. The van der Waals surface area contributed by atoms with Gasteiger partial charge in [-0.25, -0.2) is 0 Å². The van der Waals surface area contributed by atoms with Crippen molar-refractivity contribution >= 4 is 35.6 Å². The van der Waals surface area contributed by atoms with E-state index in [0.717, 1.165) is 38.7 Å². The number of hydrogen-bond donors (Lipinski definition) is 2. The van der Waals surface area contributed by atoms with Crippen molar-refractivity contribution in [1.82, 2.24) is 10.6 Å². The van der Waals surface area contributed by atoms with E-state index in [-0.39, 0.29) is 24.0 Å². The van der Waals surface area contributed by atoms with E-state index in [9.17, 15) is 0 Å². The van der Waals surface area contributed by atoms with E-state index in [2.05, 4.69) is 50.9 Å². The van der Waals surface area contributed by atoms with Gasteiger partial charge in [-0.3, -0.25) is 4.99 Å². The van der Waals surface area contributed by atoms with Crippen LogP contribution in [0.5, 0.6) is 0 Å². The summed E-state index contributed by atoms with van der Waals surface area (Å²) in [6.07, 6.45) is 9.54. The highest BCUT2D eigenvalue weighted by molar-refractivity contribution is 14.0. The number of para-hydroxylation sites is 1. The van der Waals surface area contributed by atoms with Crippen LogP contribution in [-0.2, 0) is 4.74 Å². The number of halogens is 1. The molecular formula is C22H37IN4O. The fourth-order valence-electron chi connectivity index (χ4n) is 4.14. The second kappa shape index (κ2) is 13.2. The number of anilines is 1. The summed E-state index contributed by atoms with van der Waals surface area (Å²) in [5.41, 5.74) is 1.33. The maximum Gasteiger partial charge on any atom is 0.191 e. The van der Waals surface area contributed by atoms with Crippen molar-refractivity contribution in [3.63, 3.8) is 0 Å². The Morgan fingerprint density at radius 3 is 2.54 bits per heavy atom. The van der Waals surface area contributed by atoms with Crippen molar-refractivity contribution < 1.29 is 4.74 Å². The molecule has 0 spiro atoms. The van der Waals surface area contributed by atoms with Crippen molar-refractivity contribution in [1.29, 1.82) is 0 Å². The predicted octanol–water partition coefficient (Wildman–Crippen LogP) is 4.04. The minimum absolute atomic E-state index is 0. The van der Waals surface area contributed by atoms with Gasteiger partial charge in [0.15, 0.2) is 5.96 Å². The summed E-state index contributed by atoms with van der Waals surface area (Å²) < 4.78 is 6.05. The molecule has 1 aromatic carbocycles. The topological polar surface area (TPSA) is 48.9 Å². The summed E-state index contributed by atoms with van der Waals surface area (Å²) in [6.45, 7) is 4.79. The summed E-state index contributed by atoms with van der Waals surface area (Å²) in [5.74, 6) is 1.55. The van der Waals surface area contributed by atoms with Crippen LogP contribution in [0.15, 0.2) is 35.3 Å². The van der Waals surface area contributed by atoms with Gasteiger partial charge in [-0.15, -0.1) is 24.0 Å². The first-order valence-corrected chi connectivity index (χ1v) is 10.7. The summed E-state index contributed by atoms with van der Waals surface area (Å²) in [4.78, 5) is 6.83. The number of guanidine groups is 1. The summed E-state index contributed by atoms with van der Waals surface area (Å²) in [7, 11) is 1.84. The monoisotopic (exact) mass is 500 g/mol. The first-order valence-electron chi connectivity index (χ1n) is 10.7. The van der Waals surface area contributed by atoms with Gasteiger partial charge in [0.1, 0.15) is 0 Å². The third kappa shape index (κ3) is 7.78. The number of benzene rings is 1. The Hall–Kier alpha value is -1.02. The average Bonchev–Trinajstić information content (AvgIpc) is 3.04. The van der Waals surface area contributed by atoms with Gasteiger partial charge in [0, 0.05) is 38.9 Å². The number of hydrogen-bond acceptors (Lipinski definition) is 3. The second-order valence-corrected chi connectivity index (χ2v) is 7.80. The Morgan fingerprint density at radius 1 is 1.07 bits per heavy atom. The maximum absolute atomic E-state index is 6.05. The Balaban J connectivity index is 0.00000280. The van der Waals surface area contributed by atoms with Crippen molar-refractivity contribution in [2.24, 2.45) is 10.9 Å². The quantitative estimate of drug-likeness (QED) is 0.195. The summed E-state index contributed by atoms with van der Waals surface area (Å²) in [6, 6.07) is 10.7. The number of rotatable bonds is 7. The van der Waals surface area contributed by atoms with Gasteiger partial charge >= 0.3 is 0 Å². The van der Waals surface area contributed by atoms with E-state index in [1.165, 1.54) is 50.6 Å². The Morgan fingerprint density at radius 2 is 1.82 bits per heavy atom. The van der Waals surface area contributed by atoms with Crippen LogP contribution >= 0.6 is 24.0 Å². The molecule has 2 fully saturated rings. The zero-order valence-electron chi connectivity index (χ0n) is 17.2. The molecule has 2 aliphatic rings. The second-order valence-electron chi connectivity index (χ2n) is 7.80. The van der Waals surface area contributed by atoms with Crippen molar-refractivity contribution in [3.8, 4) is 0 Å². The van der Waals surface area contributed by atoms with E-state index in [4.69, 9.17) is 4.74 Å². The van der Waals surface area contributed by atoms with E-state index in [1.807, 2.05) is 7.05 Å². The van der Waals surface area contributed by atoms with Gasteiger partial charge in [-0.05, 0) is 37.3 Å². The Kier molecular flexibility index (Phi) is 11.0. The minimum Gasteiger partial charge on any atom is -0.376 e. The molecule has 28 heavy (non-hydrogen) atoms. The molecule has 1 saturated carbocycles. The predicted molar refractivity (Wildman–Crippen MR) is 129 cm³/mol. The number of nitrogens with one attached hydrogen (secondary N) is 2. The molecule has 1 heterocycles. The van der Waals surface area contributed by atoms with Crippen molar-refractivity contribution in [2.75, 3.05) is 44.7 Å². The highest BCUT2D eigenvalue weighted by atomic mass is 127. The van der Waals surface area contributed by atoms with Crippen molar-refractivity contribution in [2.45, 2.75) is 51.0 Å². The van der Waals surface area contributed by atoms with Gasteiger partial charge in [-0.2, -0.15) is 0 Å². The van der Waals surface area contributed by atoms with Crippen LogP contribution in [0.3, 0.4) is 0 Å². The Labute approximate surface area is 187 Å². The molecule has 0 radical (unpaired) electrons. The molecule has 158 valence electrons. The third-order valence-corrected chi connectivity index (χ3v) is 5.74. The van der Waals surface area contributed by atoms with Gasteiger partial charge in [0.2, 0.25) is 0 Å². The van der Waals surface area contributed by atoms with E-state index >= 15 is 0 Å². The van der Waals surface area contributed by atoms with Gasteiger partial charge in [-0.1, -0.05) is 43.9 Å². The van der Waals surface area contributed by atoms with E-state index in [1.54, 1.807) is 0 Å². The average molecular weight is 500 g/mol.